The minimum atomic E-state index is -0.876. The second kappa shape index (κ2) is 7.53. The maximum atomic E-state index is 11.4. The third-order valence-corrected chi connectivity index (χ3v) is 3.69. The van der Waals surface area contributed by atoms with Gasteiger partial charge < -0.3 is 10.6 Å². The summed E-state index contributed by atoms with van der Waals surface area (Å²) in [6.07, 6.45) is 1.62. The van der Waals surface area contributed by atoms with Gasteiger partial charge in [-0.2, -0.15) is 0 Å². The number of halogens is 1. The lowest BCUT2D eigenvalue weighted by Crippen LogP contribution is -2.37. The van der Waals surface area contributed by atoms with Crippen LogP contribution in [0.15, 0.2) is 22.7 Å². The van der Waals surface area contributed by atoms with E-state index in [1.807, 2.05) is 25.1 Å². The highest BCUT2D eigenvalue weighted by atomic mass is 79.9. The van der Waals surface area contributed by atoms with E-state index in [-0.39, 0.29) is 6.03 Å². The molecule has 1 atom stereocenters. The maximum absolute atomic E-state index is 11.4. The van der Waals surface area contributed by atoms with Gasteiger partial charge >= 0.3 is 6.03 Å². The predicted octanol–water partition coefficient (Wildman–Crippen LogP) is 1.94. The zero-order valence-corrected chi connectivity index (χ0v) is 12.9. The number of rotatable bonds is 5. The van der Waals surface area contributed by atoms with E-state index in [0.717, 1.165) is 15.6 Å². The van der Waals surface area contributed by atoms with Crippen molar-refractivity contribution >= 4 is 32.8 Å². The highest BCUT2D eigenvalue weighted by Crippen LogP contribution is 2.15. The Bertz CT molecular complexity index is 452. The average molecular weight is 333 g/mol. The molecule has 0 spiro atoms. The molecule has 0 heterocycles. The zero-order chi connectivity index (χ0) is 13.5. The van der Waals surface area contributed by atoms with Crippen LogP contribution >= 0.6 is 15.9 Å². The molecule has 0 saturated carbocycles. The molecule has 4 nitrogen and oxygen atoms in total. The Balaban J connectivity index is 2.36. The van der Waals surface area contributed by atoms with Crippen molar-refractivity contribution in [2.24, 2.45) is 0 Å². The Kier molecular flexibility index (Phi) is 6.35. The zero-order valence-electron chi connectivity index (χ0n) is 10.5. The molecule has 2 amide bonds. The summed E-state index contributed by atoms with van der Waals surface area (Å²) in [5.41, 5.74) is 2.20. The van der Waals surface area contributed by atoms with E-state index >= 15 is 0 Å². The number of carbonyl (C=O) groups excluding carboxylic acids is 1. The summed E-state index contributed by atoms with van der Waals surface area (Å²) >= 11 is 3.40. The molecule has 0 aliphatic carbocycles. The van der Waals surface area contributed by atoms with Crippen molar-refractivity contribution in [1.29, 1.82) is 0 Å². The standard InChI is InChI=1S/C12H17BrN2O2S/c1-9-7-11(13)4-3-10(9)8-15-12(16)14-5-6-18(2)17/h3-4,7H,5-6,8H2,1-2H3,(H2,14,15,16)/t18-/m1/s1. The molecule has 1 aromatic rings. The average Bonchev–Trinajstić information content (AvgIpc) is 2.27. The molecule has 0 fully saturated rings. The van der Waals surface area contributed by atoms with E-state index in [9.17, 15) is 9.00 Å². The Labute approximate surface area is 118 Å². The summed E-state index contributed by atoms with van der Waals surface area (Å²) in [4.78, 5) is 11.4. The van der Waals surface area contributed by atoms with Crippen LogP contribution in [0.2, 0.25) is 0 Å². The van der Waals surface area contributed by atoms with Gasteiger partial charge in [-0.25, -0.2) is 4.79 Å². The normalized spacial score (nSPS) is 11.9. The first-order valence-electron chi connectivity index (χ1n) is 5.56. The van der Waals surface area contributed by atoms with E-state index in [1.165, 1.54) is 0 Å². The summed E-state index contributed by atoms with van der Waals surface area (Å²) in [7, 11) is -0.876. The topological polar surface area (TPSA) is 58.2 Å². The molecule has 1 aromatic carbocycles. The summed E-state index contributed by atoms with van der Waals surface area (Å²) in [6, 6.07) is 5.70. The van der Waals surface area contributed by atoms with Crippen molar-refractivity contribution in [3.8, 4) is 0 Å². The fourth-order valence-electron chi connectivity index (χ4n) is 1.40. The van der Waals surface area contributed by atoms with Crippen LogP contribution in [0.3, 0.4) is 0 Å². The van der Waals surface area contributed by atoms with Gasteiger partial charge in [-0.05, 0) is 30.2 Å². The fourth-order valence-corrected chi connectivity index (χ4v) is 2.27. The maximum Gasteiger partial charge on any atom is 0.315 e. The largest absolute Gasteiger partial charge is 0.337 e. The lowest BCUT2D eigenvalue weighted by Gasteiger charge is -2.09. The number of amides is 2. The lowest BCUT2D eigenvalue weighted by atomic mass is 10.1. The van der Waals surface area contributed by atoms with Gasteiger partial charge in [0, 0.05) is 40.4 Å². The number of urea groups is 1. The molecule has 0 radical (unpaired) electrons. The van der Waals surface area contributed by atoms with Crippen LogP contribution in [0.4, 0.5) is 4.79 Å². The first-order chi connectivity index (χ1) is 8.49. The SMILES string of the molecule is Cc1cc(Br)ccc1CNC(=O)NCC[S@@](C)=O. The van der Waals surface area contributed by atoms with Gasteiger partial charge in [0.2, 0.25) is 0 Å². The summed E-state index contributed by atoms with van der Waals surface area (Å²) in [5.74, 6) is 0.477. The van der Waals surface area contributed by atoms with Gasteiger partial charge in [-0.1, -0.05) is 22.0 Å². The molecule has 0 unspecified atom stereocenters. The second-order valence-corrected chi connectivity index (χ2v) is 6.43. The Hall–Kier alpha value is -0.880. The number of hydrogen-bond donors (Lipinski definition) is 2. The number of benzene rings is 1. The third-order valence-electron chi connectivity index (χ3n) is 2.42. The highest BCUT2D eigenvalue weighted by molar-refractivity contribution is 9.10. The smallest absolute Gasteiger partial charge is 0.315 e. The van der Waals surface area contributed by atoms with E-state index in [2.05, 4.69) is 26.6 Å². The second-order valence-electron chi connectivity index (χ2n) is 3.96. The highest BCUT2D eigenvalue weighted by Gasteiger charge is 2.03. The minimum Gasteiger partial charge on any atom is -0.337 e. The Morgan fingerprint density at radius 1 is 1.39 bits per heavy atom. The van der Waals surface area contributed by atoms with Crippen molar-refractivity contribution in [3.05, 3.63) is 33.8 Å². The van der Waals surface area contributed by atoms with E-state index in [4.69, 9.17) is 0 Å². The van der Waals surface area contributed by atoms with Crippen LogP contribution in [0.5, 0.6) is 0 Å². The van der Waals surface area contributed by atoms with Crippen LogP contribution in [-0.2, 0) is 17.3 Å². The Morgan fingerprint density at radius 2 is 2.11 bits per heavy atom. The summed E-state index contributed by atoms with van der Waals surface area (Å²) in [6.45, 7) is 2.91. The molecule has 0 aliphatic heterocycles. The van der Waals surface area contributed by atoms with Crippen molar-refractivity contribution in [2.45, 2.75) is 13.5 Å². The molecular weight excluding hydrogens is 316 g/mol. The first-order valence-corrected chi connectivity index (χ1v) is 8.08. The van der Waals surface area contributed by atoms with Gasteiger partial charge in [0.1, 0.15) is 0 Å². The monoisotopic (exact) mass is 332 g/mol. The minimum absolute atomic E-state index is 0.234. The van der Waals surface area contributed by atoms with Gasteiger partial charge in [-0.3, -0.25) is 4.21 Å². The van der Waals surface area contributed by atoms with E-state index in [1.54, 1.807) is 6.26 Å². The van der Waals surface area contributed by atoms with Crippen LogP contribution in [-0.4, -0.2) is 28.8 Å². The number of hydrogen-bond acceptors (Lipinski definition) is 2. The molecular formula is C12H17BrN2O2S. The van der Waals surface area contributed by atoms with Crippen LogP contribution in [0, 0.1) is 6.92 Å². The molecule has 1 rings (SSSR count). The molecule has 6 heteroatoms. The predicted molar refractivity (Wildman–Crippen MR) is 78.1 cm³/mol. The first kappa shape index (κ1) is 15.2. The van der Waals surface area contributed by atoms with E-state index in [0.29, 0.717) is 18.8 Å². The fraction of sp³-hybridized carbons (Fsp3) is 0.417. The number of aryl methyl sites for hydroxylation is 1. The Morgan fingerprint density at radius 3 is 2.72 bits per heavy atom. The van der Waals surface area contributed by atoms with E-state index < -0.39 is 10.8 Å². The van der Waals surface area contributed by atoms with Crippen molar-refractivity contribution < 1.29 is 9.00 Å². The van der Waals surface area contributed by atoms with Crippen molar-refractivity contribution in [1.82, 2.24) is 10.6 Å². The quantitative estimate of drug-likeness (QED) is 0.865. The van der Waals surface area contributed by atoms with Crippen LogP contribution < -0.4 is 10.6 Å². The van der Waals surface area contributed by atoms with Crippen LogP contribution in [0.1, 0.15) is 11.1 Å². The van der Waals surface area contributed by atoms with Gasteiger partial charge in [0.25, 0.3) is 0 Å². The molecule has 18 heavy (non-hydrogen) atoms. The van der Waals surface area contributed by atoms with Crippen molar-refractivity contribution in [2.75, 3.05) is 18.6 Å². The van der Waals surface area contributed by atoms with Gasteiger partial charge in [-0.15, -0.1) is 0 Å². The molecule has 0 aliphatic rings. The summed E-state index contributed by atoms with van der Waals surface area (Å²) < 4.78 is 11.8. The molecule has 2 N–H and O–H groups in total. The van der Waals surface area contributed by atoms with Gasteiger partial charge in [0.15, 0.2) is 0 Å². The van der Waals surface area contributed by atoms with Crippen molar-refractivity contribution in [3.63, 3.8) is 0 Å². The molecule has 100 valence electrons. The third kappa shape index (κ3) is 5.64. The van der Waals surface area contributed by atoms with Gasteiger partial charge in [0.05, 0.1) is 0 Å². The number of carbonyl (C=O) groups is 1. The number of nitrogens with one attached hydrogen (secondary N) is 2. The van der Waals surface area contributed by atoms with Crippen LogP contribution in [0.25, 0.3) is 0 Å². The lowest BCUT2D eigenvalue weighted by molar-refractivity contribution is 0.241. The molecule has 0 saturated heterocycles. The summed E-state index contributed by atoms with van der Waals surface area (Å²) in [5, 5.41) is 5.43. The molecule has 0 bridgehead atoms. The molecule has 0 aromatic heterocycles.